The number of anilines is 1. The Balaban J connectivity index is 1.99. The summed E-state index contributed by atoms with van der Waals surface area (Å²) >= 11 is 0. The Bertz CT molecular complexity index is 675. The lowest BCUT2D eigenvalue weighted by molar-refractivity contribution is 0.242. The smallest absolute Gasteiger partial charge is 0.252 e. The molecule has 0 bridgehead atoms. The second kappa shape index (κ2) is 6.69. The summed E-state index contributed by atoms with van der Waals surface area (Å²) in [6, 6.07) is 8.98. The molecule has 0 atom stereocenters. The van der Waals surface area contributed by atoms with Crippen LogP contribution in [-0.4, -0.2) is 22.3 Å². The lowest BCUT2D eigenvalue weighted by Crippen LogP contribution is -2.10. The van der Waals surface area contributed by atoms with Crippen LogP contribution in [0.15, 0.2) is 40.2 Å². The van der Waals surface area contributed by atoms with Crippen LogP contribution in [0.3, 0.4) is 0 Å². The summed E-state index contributed by atoms with van der Waals surface area (Å²) in [5, 5.41) is 4.04. The minimum atomic E-state index is -0.213. The molecule has 0 aliphatic heterocycles. The zero-order valence-electron chi connectivity index (χ0n) is 12.3. The Labute approximate surface area is 122 Å². The van der Waals surface area contributed by atoms with Crippen molar-refractivity contribution in [3.8, 4) is 5.75 Å². The molecule has 1 aromatic carbocycles. The van der Waals surface area contributed by atoms with Gasteiger partial charge >= 0.3 is 0 Å². The summed E-state index contributed by atoms with van der Waals surface area (Å²) < 4.78 is 5.56. The Morgan fingerprint density at radius 1 is 1.33 bits per heavy atom. The molecule has 0 radical (unpaired) electrons. The van der Waals surface area contributed by atoms with Crippen LogP contribution in [-0.2, 0) is 0 Å². The molecule has 0 unspecified atom stereocenters. The van der Waals surface area contributed by atoms with Gasteiger partial charge in [-0.05, 0) is 50.6 Å². The monoisotopic (exact) mass is 286 g/mol. The number of rotatable bonds is 5. The van der Waals surface area contributed by atoms with Gasteiger partial charge in [-0.1, -0.05) is 0 Å². The van der Waals surface area contributed by atoms with Gasteiger partial charge in [0, 0.05) is 11.8 Å². The minimum Gasteiger partial charge on any atom is -0.491 e. The van der Waals surface area contributed by atoms with Gasteiger partial charge in [0.15, 0.2) is 0 Å². The van der Waals surface area contributed by atoms with Crippen molar-refractivity contribution < 1.29 is 4.74 Å². The van der Waals surface area contributed by atoms with Crippen molar-refractivity contribution in [2.75, 3.05) is 5.43 Å². The number of H-pyrrole nitrogens is 1. The molecule has 0 amide bonds. The van der Waals surface area contributed by atoms with Crippen molar-refractivity contribution in [3.05, 3.63) is 51.9 Å². The van der Waals surface area contributed by atoms with Gasteiger partial charge < -0.3 is 4.74 Å². The number of aromatic amines is 1. The quantitative estimate of drug-likeness (QED) is 0.653. The van der Waals surface area contributed by atoms with E-state index in [0.717, 1.165) is 11.3 Å². The number of ether oxygens (including phenoxy) is 1. The molecule has 110 valence electrons. The zero-order valence-corrected chi connectivity index (χ0v) is 12.3. The van der Waals surface area contributed by atoms with Gasteiger partial charge in [-0.15, -0.1) is 0 Å². The average molecular weight is 286 g/mol. The minimum absolute atomic E-state index is 0.149. The second-order valence-corrected chi connectivity index (χ2v) is 4.84. The van der Waals surface area contributed by atoms with Crippen LogP contribution < -0.4 is 15.7 Å². The standard InChI is InChI=1S/C15H18N4O2/c1-10(2)21-13-6-4-12(5-7-13)9-16-19-15-17-11(3)8-14(20)18-15/h4-10H,1-3H3,(H2,17,18,19,20)/b16-9+. The van der Waals surface area contributed by atoms with Gasteiger partial charge in [0.2, 0.25) is 5.95 Å². The molecule has 21 heavy (non-hydrogen) atoms. The number of hydrazone groups is 1. The number of hydrogen-bond acceptors (Lipinski definition) is 5. The predicted octanol–water partition coefficient (Wildman–Crippen LogP) is 2.31. The molecule has 0 spiro atoms. The Hall–Kier alpha value is -2.63. The molecule has 6 heteroatoms. The largest absolute Gasteiger partial charge is 0.491 e. The molecule has 0 aliphatic carbocycles. The summed E-state index contributed by atoms with van der Waals surface area (Å²) in [7, 11) is 0. The van der Waals surface area contributed by atoms with Crippen LogP contribution in [0.4, 0.5) is 5.95 Å². The molecule has 1 aromatic heterocycles. The van der Waals surface area contributed by atoms with E-state index in [9.17, 15) is 4.79 Å². The maximum atomic E-state index is 11.3. The highest BCUT2D eigenvalue weighted by atomic mass is 16.5. The van der Waals surface area contributed by atoms with Gasteiger partial charge in [0.1, 0.15) is 5.75 Å². The van der Waals surface area contributed by atoms with Crippen LogP contribution in [0, 0.1) is 6.92 Å². The molecule has 0 saturated heterocycles. The van der Waals surface area contributed by atoms with Crippen LogP contribution in [0.1, 0.15) is 25.1 Å². The Morgan fingerprint density at radius 3 is 2.67 bits per heavy atom. The summed E-state index contributed by atoms with van der Waals surface area (Å²) in [5.74, 6) is 1.14. The fourth-order valence-corrected chi connectivity index (χ4v) is 1.70. The normalized spacial score (nSPS) is 11.0. The summed E-state index contributed by atoms with van der Waals surface area (Å²) in [6.45, 7) is 5.71. The number of benzene rings is 1. The zero-order chi connectivity index (χ0) is 15.2. The van der Waals surface area contributed by atoms with E-state index in [1.807, 2.05) is 38.1 Å². The van der Waals surface area contributed by atoms with E-state index in [2.05, 4.69) is 20.5 Å². The SMILES string of the molecule is Cc1cc(=O)[nH]c(N/N=C/c2ccc(OC(C)C)cc2)n1. The molecule has 6 nitrogen and oxygen atoms in total. The number of aryl methyl sites for hydroxylation is 1. The summed E-state index contributed by atoms with van der Waals surface area (Å²) in [6.07, 6.45) is 1.79. The third-order valence-electron chi connectivity index (χ3n) is 2.51. The van der Waals surface area contributed by atoms with Crippen molar-refractivity contribution >= 4 is 12.2 Å². The van der Waals surface area contributed by atoms with Crippen molar-refractivity contribution in [2.45, 2.75) is 26.9 Å². The number of hydrogen-bond donors (Lipinski definition) is 2. The number of nitrogens with one attached hydrogen (secondary N) is 2. The van der Waals surface area contributed by atoms with Gasteiger partial charge in [-0.25, -0.2) is 10.4 Å². The van der Waals surface area contributed by atoms with Gasteiger partial charge in [0.05, 0.1) is 12.3 Å². The molecule has 0 aliphatic rings. The Kier molecular flexibility index (Phi) is 4.71. The first-order valence-corrected chi connectivity index (χ1v) is 6.67. The van der Waals surface area contributed by atoms with Crippen LogP contribution in [0.2, 0.25) is 0 Å². The van der Waals surface area contributed by atoms with Crippen molar-refractivity contribution in [1.29, 1.82) is 0 Å². The maximum Gasteiger partial charge on any atom is 0.252 e. The molecule has 0 fully saturated rings. The predicted molar refractivity (Wildman–Crippen MR) is 83.0 cm³/mol. The van der Waals surface area contributed by atoms with E-state index in [-0.39, 0.29) is 11.7 Å². The van der Waals surface area contributed by atoms with Crippen LogP contribution >= 0.6 is 0 Å². The van der Waals surface area contributed by atoms with E-state index < -0.39 is 0 Å². The third kappa shape index (κ3) is 4.76. The first kappa shape index (κ1) is 14.8. The fourth-order valence-electron chi connectivity index (χ4n) is 1.70. The van der Waals surface area contributed by atoms with E-state index in [1.165, 1.54) is 6.07 Å². The fraction of sp³-hybridized carbons (Fsp3) is 0.267. The first-order chi connectivity index (χ1) is 10.0. The van der Waals surface area contributed by atoms with Crippen LogP contribution in [0.5, 0.6) is 5.75 Å². The Morgan fingerprint density at radius 2 is 2.05 bits per heavy atom. The molecule has 2 N–H and O–H groups in total. The third-order valence-corrected chi connectivity index (χ3v) is 2.51. The molecular weight excluding hydrogens is 268 g/mol. The second-order valence-electron chi connectivity index (χ2n) is 4.84. The molecule has 2 rings (SSSR count). The number of aromatic nitrogens is 2. The topological polar surface area (TPSA) is 79.4 Å². The summed E-state index contributed by atoms with van der Waals surface area (Å²) in [4.78, 5) is 17.9. The molecule has 1 heterocycles. The maximum absolute atomic E-state index is 11.3. The van der Waals surface area contributed by atoms with Crippen molar-refractivity contribution in [2.24, 2.45) is 5.10 Å². The van der Waals surface area contributed by atoms with Gasteiger partial charge in [-0.3, -0.25) is 9.78 Å². The van der Waals surface area contributed by atoms with Crippen LogP contribution in [0.25, 0.3) is 0 Å². The van der Waals surface area contributed by atoms with E-state index in [0.29, 0.717) is 11.6 Å². The van der Waals surface area contributed by atoms with E-state index in [1.54, 1.807) is 13.1 Å². The lowest BCUT2D eigenvalue weighted by atomic mass is 10.2. The van der Waals surface area contributed by atoms with Gasteiger partial charge in [-0.2, -0.15) is 5.10 Å². The van der Waals surface area contributed by atoms with Gasteiger partial charge in [0.25, 0.3) is 5.56 Å². The lowest BCUT2D eigenvalue weighted by Gasteiger charge is -2.09. The van der Waals surface area contributed by atoms with E-state index >= 15 is 0 Å². The number of nitrogens with zero attached hydrogens (tertiary/aromatic N) is 2. The summed E-state index contributed by atoms with van der Waals surface area (Å²) in [5.41, 5.74) is 4.02. The van der Waals surface area contributed by atoms with Crippen molar-refractivity contribution in [1.82, 2.24) is 9.97 Å². The molecule has 0 saturated carbocycles. The average Bonchev–Trinajstić information content (AvgIpc) is 2.39. The highest BCUT2D eigenvalue weighted by molar-refractivity contribution is 5.80. The van der Waals surface area contributed by atoms with E-state index in [4.69, 9.17) is 4.74 Å². The van der Waals surface area contributed by atoms with Crippen molar-refractivity contribution in [3.63, 3.8) is 0 Å². The first-order valence-electron chi connectivity index (χ1n) is 6.67. The molecule has 2 aromatic rings. The molecular formula is C15H18N4O2. The highest BCUT2D eigenvalue weighted by Crippen LogP contribution is 2.12. The highest BCUT2D eigenvalue weighted by Gasteiger charge is 1.97.